The van der Waals surface area contributed by atoms with Crippen LogP contribution in [0.1, 0.15) is 22.3 Å². The molecule has 4 aromatic rings. The lowest BCUT2D eigenvalue weighted by Crippen LogP contribution is -2.34. The molecule has 34 heavy (non-hydrogen) atoms. The molecule has 1 amide bonds. The molecular weight excluding hydrogens is 448 g/mol. The van der Waals surface area contributed by atoms with Crippen LogP contribution >= 0.6 is 11.3 Å². The molecule has 0 fully saturated rings. The van der Waals surface area contributed by atoms with E-state index < -0.39 is 0 Å². The van der Waals surface area contributed by atoms with Crippen molar-refractivity contribution in [3.8, 4) is 17.1 Å². The minimum atomic E-state index is -0.0334. The summed E-state index contributed by atoms with van der Waals surface area (Å²) >= 11 is 1.50. The Bertz CT molecular complexity index is 1430. The Labute approximate surface area is 201 Å². The summed E-state index contributed by atoms with van der Waals surface area (Å²) in [6, 6.07) is 10.1. The van der Waals surface area contributed by atoms with Gasteiger partial charge in [-0.05, 0) is 57.4 Å². The van der Waals surface area contributed by atoms with Crippen molar-refractivity contribution in [2.75, 3.05) is 39.6 Å². The first-order valence-corrected chi connectivity index (χ1v) is 11.9. The van der Waals surface area contributed by atoms with Gasteiger partial charge in [-0.3, -0.25) is 4.79 Å². The zero-order valence-electron chi connectivity index (χ0n) is 19.5. The molecule has 1 aliphatic rings. The molecule has 1 aliphatic heterocycles. The van der Waals surface area contributed by atoms with Crippen LogP contribution in [-0.2, 0) is 0 Å². The number of amides is 1. The van der Waals surface area contributed by atoms with Gasteiger partial charge in [0.2, 0.25) is 5.88 Å². The normalized spacial score (nSPS) is 16.0. The molecule has 0 saturated carbocycles. The van der Waals surface area contributed by atoms with Gasteiger partial charge in [0.05, 0.1) is 35.3 Å². The Morgan fingerprint density at radius 2 is 2.09 bits per heavy atom. The van der Waals surface area contributed by atoms with Gasteiger partial charge in [-0.15, -0.1) is 21.5 Å². The fourth-order valence-electron chi connectivity index (χ4n) is 4.07. The lowest BCUT2D eigenvalue weighted by molar-refractivity contribution is 0.0949. The molecule has 2 N–H and O–H groups in total. The van der Waals surface area contributed by atoms with Crippen molar-refractivity contribution < 1.29 is 9.53 Å². The number of benzene rings is 1. The average Bonchev–Trinajstić information content (AvgIpc) is 3.15. The zero-order chi connectivity index (χ0) is 23.8. The fourth-order valence-corrected chi connectivity index (χ4v) is 5.17. The number of ether oxygens (including phenoxy) is 1. The van der Waals surface area contributed by atoms with Crippen LogP contribution in [0, 0.1) is 0 Å². The van der Waals surface area contributed by atoms with Crippen LogP contribution in [0.2, 0.25) is 0 Å². The van der Waals surface area contributed by atoms with E-state index in [9.17, 15) is 4.79 Å². The second kappa shape index (κ2) is 9.00. The summed E-state index contributed by atoms with van der Waals surface area (Å²) in [5.74, 6) is 0.392. The minimum absolute atomic E-state index is 0.0334. The summed E-state index contributed by atoms with van der Waals surface area (Å²) in [4.78, 5) is 20.4. The molecule has 3 aromatic heterocycles. The Hall–Kier alpha value is -3.56. The van der Waals surface area contributed by atoms with E-state index >= 15 is 0 Å². The zero-order valence-corrected chi connectivity index (χ0v) is 20.4. The summed E-state index contributed by atoms with van der Waals surface area (Å²) in [6.07, 6.45) is 3.98. The van der Waals surface area contributed by atoms with Gasteiger partial charge in [0.25, 0.3) is 5.91 Å². The topological polar surface area (TPSA) is 92.3 Å². The van der Waals surface area contributed by atoms with E-state index in [1.165, 1.54) is 11.3 Å². The van der Waals surface area contributed by atoms with Gasteiger partial charge in [0.15, 0.2) is 0 Å². The van der Waals surface area contributed by atoms with E-state index in [1.54, 1.807) is 7.11 Å². The van der Waals surface area contributed by atoms with E-state index in [0.717, 1.165) is 50.2 Å². The van der Waals surface area contributed by atoms with Crippen molar-refractivity contribution in [1.82, 2.24) is 25.4 Å². The standard InChI is InChI=1S/C25H26N6O2S/c1-14-13-26-22-21-16-7-8-19(28-18(16)9-10-20(21)34-23(22)24(32)27-14)17-12-15(6-5-11-31(2)3)29-30-25(17)33-4/h5-10,12,14,26H,11,13H2,1-4H3,(H,27,32). The van der Waals surface area contributed by atoms with Gasteiger partial charge in [0, 0.05) is 34.6 Å². The molecule has 0 spiro atoms. The number of rotatable bonds is 5. The van der Waals surface area contributed by atoms with Crippen molar-refractivity contribution in [2.45, 2.75) is 13.0 Å². The Morgan fingerprint density at radius 1 is 1.24 bits per heavy atom. The molecular formula is C25H26N6O2S. The SMILES string of the molecule is COc1nnc(C=CCN(C)C)cc1-c1ccc2c(ccc3sc4c(c32)NCC(C)NC4=O)n1. The molecule has 4 heterocycles. The van der Waals surface area contributed by atoms with Crippen molar-refractivity contribution in [2.24, 2.45) is 0 Å². The van der Waals surface area contributed by atoms with E-state index in [4.69, 9.17) is 9.72 Å². The number of hydrogen-bond acceptors (Lipinski definition) is 8. The van der Waals surface area contributed by atoms with Crippen molar-refractivity contribution in [1.29, 1.82) is 0 Å². The van der Waals surface area contributed by atoms with Gasteiger partial charge in [-0.1, -0.05) is 6.08 Å². The molecule has 0 aliphatic carbocycles. The largest absolute Gasteiger partial charge is 0.479 e. The van der Waals surface area contributed by atoms with Gasteiger partial charge in [0.1, 0.15) is 4.88 Å². The number of anilines is 1. The summed E-state index contributed by atoms with van der Waals surface area (Å²) in [6.45, 7) is 3.48. The molecule has 9 heteroatoms. The van der Waals surface area contributed by atoms with Crippen LogP contribution in [0.25, 0.3) is 38.3 Å². The fraction of sp³-hybridized carbons (Fsp3) is 0.280. The lowest BCUT2D eigenvalue weighted by Gasteiger charge is -2.11. The van der Waals surface area contributed by atoms with Crippen LogP contribution < -0.4 is 15.4 Å². The number of aromatic nitrogens is 3. The molecule has 8 nitrogen and oxygen atoms in total. The molecule has 0 bridgehead atoms. The predicted octanol–water partition coefficient (Wildman–Crippen LogP) is 4.03. The van der Waals surface area contributed by atoms with E-state index in [0.29, 0.717) is 17.3 Å². The number of likely N-dealkylation sites (N-methyl/N-ethyl adjacent to an activating group) is 1. The quantitative estimate of drug-likeness (QED) is 0.451. The highest BCUT2D eigenvalue weighted by molar-refractivity contribution is 7.21. The van der Waals surface area contributed by atoms with Gasteiger partial charge < -0.3 is 20.3 Å². The first-order valence-electron chi connectivity index (χ1n) is 11.1. The number of thiophene rings is 1. The number of fused-ring (bicyclic) bond motifs is 5. The first kappa shape index (κ1) is 22.2. The second-order valence-electron chi connectivity index (χ2n) is 8.62. The Balaban J connectivity index is 1.61. The van der Waals surface area contributed by atoms with Crippen LogP contribution in [0.3, 0.4) is 0 Å². The Morgan fingerprint density at radius 3 is 2.88 bits per heavy atom. The maximum absolute atomic E-state index is 12.7. The maximum atomic E-state index is 12.7. The third-order valence-corrected chi connectivity index (χ3v) is 6.85. The summed E-state index contributed by atoms with van der Waals surface area (Å²) in [5.41, 5.74) is 4.00. The number of methoxy groups -OCH3 is 1. The van der Waals surface area contributed by atoms with Crippen LogP contribution in [-0.4, -0.2) is 66.3 Å². The Kier molecular flexibility index (Phi) is 5.89. The molecule has 5 rings (SSSR count). The molecule has 174 valence electrons. The number of carbonyl (C=O) groups excluding carboxylic acids is 1. The van der Waals surface area contributed by atoms with Crippen molar-refractivity contribution >= 4 is 50.0 Å². The number of nitrogens with one attached hydrogen (secondary N) is 2. The highest BCUT2D eigenvalue weighted by atomic mass is 32.1. The second-order valence-corrected chi connectivity index (χ2v) is 9.67. The van der Waals surface area contributed by atoms with Crippen molar-refractivity contribution in [3.05, 3.63) is 47.0 Å². The number of hydrogen-bond donors (Lipinski definition) is 2. The minimum Gasteiger partial charge on any atom is -0.479 e. The summed E-state index contributed by atoms with van der Waals surface area (Å²) < 4.78 is 6.53. The predicted molar refractivity (Wildman–Crippen MR) is 138 cm³/mol. The van der Waals surface area contributed by atoms with E-state index in [1.807, 2.05) is 57.4 Å². The summed E-state index contributed by atoms with van der Waals surface area (Å²) in [5, 5.41) is 17.0. The van der Waals surface area contributed by atoms with Crippen LogP contribution in [0.15, 0.2) is 36.4 Å². The van der Waals surface area contributed by atoms with Crippen LogP contribution in [0.4, 0.5) is 5.69 Å². The monoisotopic (exact) mass is 474 g/mol. The van der Waals surface area contributed by atoms with Crippen molar-refractivity contribution in [3.63, 3.8) is 0 Å². The van der Waals surface area contributed by atoms with Crippen LogP contribution in [0.5, 0.6) is 5.88 Å². The first-order chi connectivity index (χ1) is 16.4. The van der Waals surface area contributed by atoms with E-state index in [2.05, 4.69) is 31.8 Å². The highest BCUT2D eigenvalue weighted by Crippen LogP contribution is 2.41. The number of pyridine rings is 1. The molecule has 1 unspecified atom stereocenters. The number of nitrogens with zero attached hydrogens (tertiary/aromatic N) is 4. The molecule has 1 atom stereocenters. The lowest BCUT2D eigenvalue weighted by atomic mass is 10.1. The van der Waals surface area contributed by atoms with Gasteiger partial charge >= 0.3 is 0 Å². The average molecular weight is 475 g/mol. The molecule has 1 aromatic carbocycles. The third kappa shape index (κ3) is 4.08. The maximum Gasteiger partial charge on any atom is 0.263 e. The van der Waals surface area contributed by atoms with E-state index in [-0.39, 0.29) is 11.9 Å². The van der Waals surface area contributed by atoms with Gasteiger partial charge in [-0.2, -0.15) is 0 Å². The van der Waals surface area contributed by atoms with Gasteiger partial charge in [-0.25, -0.2) is 4.98 Å². The number of carbonyl (C=O) groups is 1. The summed E-state index contributed by atoms with van der Waals surface area (Å²) in [7, 11) is 5.61. The molecule has 0 saturated heterocycles. The smallest absolute Gasteiger partial charge is 0.263 e. The molecule has 0 radical (unpaired) electrons. The highest BCUT2D eigenvalue weighted by Gasteiger charge is 2.25. The third-order valence-electron chi connectivity index (χ3n) is 5.70.